The summed E-state index contributed by atoms with van der Waals surface area (Å²) in [5.74, 6) is 0.195. The molecule has 25 heavy (non-hydrogen) atoms. The number of nitrogens with two attached hydrogens (primary N) is 1. The molecule has 0 heterocycles. The van der Waals surface area contributed by atoms with Crippen LogP contribution in [0.3, 0.4) is 0 Å². The summed E-state index contributed by atoms with van der Waals surface area (Å²) >= 11 is 6.32. The van der Waals surface area contributed by atoms with Crippen molar-refractivity contribution in [3.8, 4) is 0 Å². The molecular formula is C20H24ClN3O. The van der Waals surface area contributed by atoms with Gasteiger partial charge in [0.2, 0.25) is 0 Å². The molecule has 2 aromatic rings. The van der Waals surface area contributed by atoms with Crippen molar-refractivity contribution < 1.29 is 4.79 Å². The lowest BCUT2D eigenvalue weighted by Gasteiger charge is -2.22. The highest BCUT2D eigenvalue weighted by molar-refractivity contribution is 6.31. The molecule has 0 aliphatic carbocycles. The average molecular weight is 358 g/mol. The minimum absolute atomic E-state index is 0.178. The number of anilines is 1. The molecule has 0 spiro atoms. The Kier molecular flexibility index (Phi) is 6.21. The van der Waals surface area contributed by atoms with Gasteiger partial charge < -0.3 is 16.5 Å². The molecular weight excluding hydrogens is 334 g/mol. The van der Waals surface area contributed by atoms with E-state index in [0.29, 0.717) is 33.5 Å². The van der Waals surface area contributed by atoms with Crippen LogP contribution in [0.4, 0.5) is 5.69 Å². The minimum Gasteiger partial charge on any atom is -0.398 e. The molecule has 2 rings (SSSR count). The summed E-state index contributed by atoms with van der Waals surface area (Å²) in [4.78, 5) is 12.7. The highest BCUT2D eigenvalue weighted by Crippen LogP contribution is 2.28. The summed E-state index contributed by atoms with van der Waals surface area (Å²) in [6.45, 7) is 5.87. The molecule has 4 N–H and O–H groups in total. The molecule has 132 valence electrons. The van der Waals surface area contributed by atoms with Crippen LogP contribution in [0.25, 0.3) is 0 Å². The maximum absolute atomic E-state index is 12.7. The molecule has 0 aromatic heterocycles. The summed E-state index contributed by atoms with van der Waals surface area (Å²) in [5, 5.41) is 11.5. The van der Waals surface area contributed by atoms with Crippen molar-refractivity contribution >= 4 is 28.9 Å². The summed E-state index contributed by atoms with van der Waals surface area (Å²) in [6.07, 6.45) is 0.779. The Morgan fingerprint density at radius 3 is 2.52 bits per heavy atom. The fourth-order valence-corrected chi connectivity index (χ4v) is 3.02. The molecule has 1 unspecified atom stereocenters. The van der Waals surface area contributed by atoms with Gasteiger partial charge in [-0.2, -0.15) is 0 Å². The average Bonchev–Trinajstić information content (AvgIpc) is 2.54. The number of hydrogen-bond donors (Lipinski definition) is 3. The van der Waals surface area contributed by atoms with Gasteiger partial charge in [0.1, 0.15) is 0 Å². The zero-order chi connectivity index (χ0) is 18.6. The van der Waals surface area contributed by atoms with Gasteiger partial charge in [0.15, 0.2) is 0 Å². The molecule has 0 saturated carbocycles. The summed E-state index contributed by atoms with van der Waals surface area (Å²) in [6, 6.07) is 12.4. The lowest BCUT2D eigenvalue weighted by atomic mass is 9.96. The highest BCUT2D eigenvalue weighted by atomic mass is 35.5. The van der Waals surface area contributed by atoms with Crippen LogP contribution in [-0.4, -0.2) is 11.6 Å². The predicted molar refractivity (Wildman–Crippen MR) is 104 cm³/mol. The minimum atomic E-state index is -0.201. The number of benzene rings is 2. The fourth-order valence-electron chi connectivity index (χ4n) is 2.76. The summed E-state index contributed by atoms with van der Waals surface area (Å²) < 4.78 is 0. The highest BCUT2D eigenvalue weighted by Gasteiger charge is 2.20. The molecule has 0 fully saturated rings. The van der Waals surface area contributed by atoms with Gasteiger partial charge in [-0.1, -0.05) is 43.6 Å². The van der Waals surface area contributed by atoms with Gasteiger partial charge in [0.25, 0.3) is 5.91 Å². The van der Waals surface area contributed by atoms with Gasteiger partial charge in [-0.15, -0.1) is 0 Å². The Hall–Kier alpha value is -2.33. The second kappa shape index (κ2) is 8.17. The second-order valence-corrected chi connectivity index (χ2v) is 7.01. The molecule has 0 radical (unpaired) electrons. The Morgan fingerprint density at radius 1 is 1.24 bits per heavy atom. The van der Waals surface area contributed by atoms with Crippen molar-refractivity contribution in [2.75, 3.05) is 5.73 Å². The lowest BCUT2D eigenvalue weighted by molar-refractivity contribution is 0.0932. The SMILES string of the molecule is CC(=N)c1cc(C(=O)NC(CC(C)C)c2ccccc2Cl)ccc1N. The van der Waals surface area contributed by atoms with E-state index in [1.54, 1.807) is 25.1 Å². The first-order valence-corrected chi connectivity index (χ1v) is 8.67. The van der Waals surface area contributed by atoms with Crippen LogP contribution in [0, 0.1) is 11.3 Å². The quantitative estimate of drug-likeness (QED) is 0.511. The molecule has 2 aromatic carbocycles. The van der Waals surface area contributed by atoms with Crippen LogP contribution in [0.5, 0.6) is 0 Å². The molecule has 4 nitrogen and oxygen atoms in total. The standard InChI is InChI=1S/C20H24ClN3O/c1-12(2)10-19(15-6-4-5-7-17(15)21)24-20(25)14-8-9-18(23)16(11-14)13(3)22/h4-9,11-12,19,22H,10,23H2,1-3H3,(H,24,25). The van der Waals surface area contributed by atoms with E-state index in [0.717, 1.165) is 12.0 Å². The van der Waals surface area contributed by atoms with E-state index in [1.807, 2.05) is 24.3 Å². The number of nitrogens with one attached hydrogen (secondary N) is 2. The number of carbonyl (C=O) groups excluding carboxylic acids is 1. The normalized spacial score (nSPS) is 12.0. The molecule has 0 saturated heterocycles. The number of halogens is 1. The van der Waals surface area contributed by atoms with E-state index in [4.69, 9.17) is 22.7 Å². The van der Waals surface area contributed by atoms with Crippen molar-refractivity contribution in [1.29, 1.82) is 5.41 Å². The van der Waals surface area contributed by atoms with Crippen molar-refractivity contribution in [3.05, 3.63) is 64.2 Å². The van der Waals surface area contributed by atoms with E-state index < -0.39 is 0 Å². The van der Waals surface area contributed by atoms with Crippen molar-refractivity contribution in [3.63, 3.8) is 0 Å². The van der Waals surface area contributed by atoms with Gasteiger partial charge in [-0.25, -0.2) is 0 Å². The summed E-state index contributed by atoms with van der Waals surface area (Å²) in [7, 11) is 0. The predicted octanol–water partition coefficient (Wildman–Crippen LogP) is 4.83. The van der Waals surface area contributed by atoms with E-state index in [2.05, 4.69) is 19.2 Å². The number of hydrogen-bond acceptors (Lipinski definition) is 3. The first-order chi connectivity index (χ1) is 11.8. The number of carbonyl (C=O) groups is 1. The number of nitrogen functional groups attached to an aromatic ring is 1. The van der Waals surface area contributed by atoms with Gasteiger partial charge in [0, 0.05) is 27.5 Å². The topological polar surface area (TPSA) is 79.0 Å². The largest absolute Gasteiger partial charge is 0.398 e. The van der Waals surface area contributed by atoms with Crippen LogP contribution in [-0.2, 0) is 0 Å². The van der Waals surface area contributed by atoms with Crippen LogP contribution >= 0.6 is 11.6 Å². The molecule has 1 atom stereocenters. The molecule has 0 bridgehead atoms. The van der Waals surface area contributed by atoms with Crippen LogP contribution in [0.2, 0.25) is 5.02 Å². The van der Waals surface area contributed by atoms with Crippen molar-refractivity contribution in [2.24, 2.45) is 5.92 Å². The van der Waals surface area contributed by atoms with E-state index in [9.17, 15) is 4.79 Å². The van der Waals surface area contributed by atoms with Crippen LogP contribution in [0.15, 0.2) is 42.5 Å². The molecule has 0 aliphatic rings. The third kappa shape index (κ3) is 4.83. The molecule has 0 aliphatic heterocycles. The monoisotopic (exact) mass is 357 g/mol. The van der Waals surface area contributed by atoms with Crippen LogP contribution in [0.1, 0.15) is 54.7 Å². The third-order valence-electron chi connectivity index (χ3n) is 4.01. The molecule has 5 heteroatoms. The first-order valence-electron chi connectivity index (χ1n) is 8.30. The zero-order valence-corrected chi connectivity index (χ0v) is 15.5. The zero-order valence-electron chi connectivity index (χ0n) is 14.8. The van der Waals surface area contributed by atoms with Crippen LogP contribution < -0.4 is 11.1 Å². The van der Waals surface area contributed by atoms with E-state index in [1.165, 1.54) is 0 Å². The number of rotatable bonds is 6. The Morgan fingerprint density at radius 2 is 1.92 bits per heavy atom. The fraction of sp³-hybridized carbons (Fsp3) is 0.300. The maximum atomic E-state index is 12.7. The smallest absolute Gasteiger partial charge is 0.251 e. The first kappa shape index (κ1) is 19.0. The van der Waals surface area contributed by atoms with Gasteiger partial charge >= 0.3 is 0 Å². The Labute approximate surface area is 153 Å². The van der Waals surface area contributed by atoms with E-state index in [-0.39, 0.29) is 11.9 Å². The Balaban J connectivity index is 2.30. The molecule has 1 amide bonds. The Bertz CT molecular complexity index is 786. The van der Waals surface area contributed by atoms with Gasteiger partial charge in [-0.3, -0.25) is 4.79 Å². The van der Waals surface area contributed by atoms with Gasteiger partial charge in [0.05, 0.1) is 6.04 Å². The summed E-state index contributed by atoms with van der Waals surface area (Å²) in [5.41, 5.74) is 8.67. The van der Waals surface area contributed by atoms with E-state index >= 15 is 0 Å². The maximum Gasteiger partial charge on any atom is 0.251 e. The lowest BCUT2D eigenvalue weighted by Crippen LogP contribution is -2.30. The third-order valence-corrected chi connectivity index (χ3v) is 4.36. The van der Waals surface area contributed by atoms with Gasteiger partial charge in [-0.05, 0) is 49.1 Å². The van der Waals surface area contributed by atoms with Crippen molar-refractivity contribution in [1.82, 2.24) is 5.32 Å². The second-order valence-electron chi connectivity index (χ2n) is 6.60. The van der Waals surface area contributed by atoms with Crippen molar-refractivity contribution in [2.45, 2.75) is 33.2 Å². The number of amides is 1.